The Hall–Kier alpha value is -2.16. The monoisotopic (exact) mass is 485 g/mol. The summed E-state index contributed by atoms with van der Waals surface area (Å²) >= 11 is 0. The molecule has 0 radical (unpaired) electrons. The fraction of sp³-hybridized carbons (Fsp3) is 0.350. The van der Waals surface area contributed by atoms with E-state index in [9.17, 15) is 5.11 Å². The Morgan fingerprint density at radius 3 is 2.26 bits per heavy atom. The highest BCUT2D eigenvalue weighted by atomic mass is 127. The van der Waals surface area contributed by atoms with Gasteiger partial charge in [0.1, 0.15) is 5.75 Å². The number of benzene rings is 2. The second-order valence-electron chi connectivity index (χ2n) is 5.73. The van der Waals surface area contributed by atoms with Gasteiger partial charge in [0.25, 0.3) is 0 Å². The average Bonchev–Trinajstić information content (AvgIpc) is 2.67. The molecule has 0 amide bonds. The Morgan fingerprint density at radius 2 is 1.63 bits per heavy atom. The molecule has 0 fully saturated rings. The van der Waals surface area contributed by atoms with Gasteiger partial charge in [0.05, 0.1) is 20.8 Å². The van der Waals surface area contributed by atoms with Gasteiger partial charge in [-0.15, -0.1) is 24.0 Å². The van der Waals surface area contributed by atoms with Crippen LogP contribution in [0.15, 0.2) is 47.5 Å². The molecule has 7 heteroatoms. The van der Waals surface area contributed by atoms with Gasteiger partial charge in [-0.1, -0.05) is 18.2 Å². The number of rotatable bonds is 8. The zero-order chi connectivity index (χ0) is 18.8. The van der Waals surface area contributed by atoms with Crippen LogP contribution in [0.5, 0.6) is 17.2 Å². The zero-order valence-electron chi connectivity index (χ0n) is 16.0. The molecule has 0 heterocycles. The number of aliphatic imine (C=N–C) groups is 1. The number of nitrogens with zero attached hydrogens (tertiary/aromatic N) is 1. The molecule has 0 saturated heterocycles. The van der Waals surface area contributed by atoms with E-state index in [0.717, 1.165) is 48.1 Å². The summed E-state index contributed by atoms with van der Waals surface area (Å²) in [6.45, 7) is 4.12. The number of methoxy groups -OCH3 is 2. The number of hydrogen-bond acceptors (Lipinski definition) is 4. The molecule has 6 nitrogen and oxygen atoms in total. The molecule has 0 unspecified atom stereocenters. The first kappa shape index (κ1) is 22.9. The third kappa shape index (κ3) is 7.54. The number of ether oxygens (including phenoxy) is 2. The Kier molecular flexibility index (Phi) is 10.4. The maximum absolute atomic E-state index is 9.34. The second-order valence-corrected chi connectivity index (χ2v) is 5.73. The molecule has 0 aromatic heterocycles. The van der Waals surface area contributed by atoms with Crippen LogP contribution < -0.4 is 20.1 Å². The number of phenolic OH excluding ortho intramolecular Hbond substituents is 1. The molecule has 0 aliphatic rings. The van der Waals surface area contributed by atoms with Crippen LogP contribution in [0.3, 0.4) is 0 Å². The van der Waals surface area contributed by atoms with E-state index in [1.54, 1.807) is 26.4 Å². The van der Waals surface area contributed by atoms with Crippen LogP contribution in [-0.2, 0) is 13.0 Å². The van der Waals surface area contributed by atoms with Gasteiger partial charge in [-0.2, -0.15) is 0 Å². The number of aromatic hydroxyl groups is 1. The number of phenols is 1. The van der Waals surface area contributed by atoms with Crippen LogP contribution in [0.1, 0.15) is 18.1 Å². The fourth-order valence-electron chi connectivity index (χ4n) is 2.47. The van der Waals surface area contributed by atoms with Gasteiger partial charge in [0.15, 0.2) is 17.5 Å². The van der Waals surface area contributed by atoms with Crippen molar-refractivity contribution in [3.63, 3.8) is 0 Å². The van der Waals surface area contributed by atoms with Crippen molar-refractivity contribution < 1.29 is 14.6 Å². The summed E-state index contributed by atoms with van der Waals surface area (Å²) < 4.78 is 10.6. The van der Waals surface area contributed by atoms with Crippen LogP contribution >= 0.6 is 24.0 Å². The lowest BCUT2D eigenvalue weighted by Crippen LogP contribution is -2.38. The molecule has 0 aliphatic heterocycles. The van der Waals surface area contributed by atoms with E-state index in [4.69, 9.17) is 9.47 Å². The Morgan fingerprint density at radius 1 is 0.963 bits per heavy atom. The predicted molar refractivity (Wildman–Crippen MR) is 120 cm³/mol. The summed E-state index contributed by atoms with van der Waals surface area (Å²) in [7, 11) is 3.27. The first-order chi connectivity index (χ1) is 12.7. The van der Waals surface area contributed by atoms with Gasteiger partial charge in [-0.05, 0) is 48.7 Å². The summed E-state index contributed by atoms with van der Waals surface area (Å²) in [5.74, 6) is 2.49. The molecule has 2 aromatic carbocycles. The van der Waals surface area contributed by atoms with Gasteiger partial charge < -0.3 is 25.2 Å². The molecule has 2 aromatic rings. The lowest BCUT2D eigenvalue weighted by atomic mass is 10.1. The Bertz CT molecular complexity index is 721. The Labute approximate surface area is 178 Å². The third-order valence-electron chi connectivity index (χ3n) is 3.85. The van der Waals surface area contributed by atoms with E-state index in [1.807, 2.05) is 37.3 Å². The largest absolute Gasteiger partial charge is 0.508 e. The van der Waals surface area contributed by atoms with Gasteiger partial charge in [0.2, 0.25) is 0 Å². The SMILES string of the molecule is CCNC(=NCc1ccc(O)cc1)NCCc1ccc(OC)c(OC)c1.I. The smallest absolute Gasteiger partial charge is 0.191 e. The maximum Gasteiger partial charge on any atom is 0.191 e. The number of halogens is 1. The predicted octanol–water partition coefficient (Wildman–Crippen LogP) is 3.33. The highest BCUT2D eigenvalue weighted by molar-refractivity contribution is 14.0. The van der Waals surface area contributed by atoms with E-state index < -0.39 is 0 Å². The summed E-state index contributed by atoms with van der Waals surface area (Å²) in [5, 5.41) is 15.9. The molecule has 0 saturated carbocycles. The molecule has 0 spiro atoms. The van der Waals surface area contributed by atoms with E-state index >= 15 is 0 Å². The van der Waals surface area contributed by atoms with Crippen molar-refractivity contribution in [2.75, 3.05) is 27.3 Å². The van der Waals surface area contributed by atoms with Crippen LogP contribution in [-0.4, -0.2) is 38.4 Å². The summed E-state index contributed by atoms with van der Waals surface area (Å²) in [5.41, 5.74) is 2.20. The fourth-order valence-corrected chi connectivity index (χ4v) is 2.47. The summed E-state index contributed by atoms with van der Waals surface area (Å²) in [4.78, 5) is 4.57. The molecule has 0 aliphatic carbocycles. The van der Waals surface area contributed by atoms with Gasteiger partial charge in [0, 0.05) is 13.1 Å². The van der Waals surface area contributed by atoms with Crippen molar-refractivity contribution in [3.05, 3.63) is 53.6 Å². The number of nitrogens with one attached hydrogen (secondary N) is 2. The molecular formula is C20H28IN3O3. The summed E-state index contributed by atoms with van der Waals surface area (Å²) in [6, 6.07) is 13.0. The molecule has 27 heavy (non-hydrogen) atoms. The summed E-state index contributed by atoms with van der Waals surface area (Å²) in [6.07, 6.45) is 0.837. The normalized spacial score (nSPS) is 10.7. The Balaban J connectivity index is 0.00000364. The van der Waals surface area contributed by atoms with E-state index in [-0.39, 0.29) is 29.7 Å². The van der Waals surface area contributed by atoms with Crippen molar-refractivity contribution in [2.24, 2.45) is 4.99 Å². The first-order valence-electron chi connectivity index (χ1n) is 8.67. The molecule has 0 bridgehead atoms. The molecule has 3 N–H and O–H groups in total. The number of guanidine groups is 1. The second kappa shape index (κ2) is 12.3. The zero-order valence-corrected chi connectivity index (χ0v) is 18.3. The lowest BCUT2D eigenvalue weighted by molar-refractivity contribution is 0.354. The average molecular weight is 485 g/mol. The van der Waals surface area contributed by atoms with Crippen molar-refractivity contribution in [1.82, 2.24) is 10.6 Å². The molecule has 0 atom stereocenters. The minimum absolute atomic E-state index is 0. The molecule has 2 rings (SSSR count). The topological polar surface area (TPSA) is 75.1 Å². The quantitative estimate of drug-likeness (QED) is 0.304. The van der Waals surface area contributed by atoms with Gasteiger partial charge in [-0.3, -0.25) is 0 Å². The minimum atomic E-state index is 0. The van der Waals surface area contributed by atoms with Crippen molar-refractivity contribution in [1.29, 1.82) is 0 Å². The van der Waals surface area contributed by atoms with Gasteiger partial charge in [-0.25, -0.2) is 4.99 Å². The van der Waals surface area contributed by atoms with Gasteiger partial charge >= 0.3 is 0 Å². The van der Waals surface area contributed by atoms with E-state index in [0.29, 0.717) is 6.54 Å². The third-order valence-corrected chi connectivity index (χ3v) is 3.85. The number of hydrogen-bond donors (Lipinski definition) is 3. The molecular weight excluding hydrogens is 457 g/mol. The highest BCUT2D eigenvalue weighted by Crippen LogP contribution is 2.27. The van der Waals surface area contributed by atoms with Crippen LogP contribution in [0, 0.1) is 0 Å². The van der Waals surface area contributed by atoms with Crippen LogP contribution in [0.2, 0.25) is 0 Å². The maximum atomic E-state index is 9.34. The highest BCUT2D eigenvalue weighted by Gasteiger charge is 2.05. The van der Waals surface area contributed by atoms with Crippen molar-refractivity contribution >= 4 is 29.9 Å². The van der Waals surface area contributed by atoms with E-state index in [1.165, 1.54) is 0 Å². The van der Waals surface area contributed by atoms with E-state index in [2.05, 4.69) is 15.6 Å². The standard InChI is InChI=1S/C20H27N3O3.HI/c1-4-21-20(23-14-16-5-8-17(24)9-6-16)22-12-11-15-7-10-18(25-2)19(13-15)26-3;/h5-10,13,24H,4,11-12,14H2,1-3H3,(H2,21,22,23);1H. The van der Waals surface area contributed by atoms with Crippen molar-refractivity contribution in [3.8, 4) is 17.2 Å². The molecule has 148 valence electrons. The van der Waals surface area contributed by atoms with Crippen LogP contribution in [0.25, 0.3) is 0 Å². The van der Waals surface area contributed by atoms with Crippen LogP contribution in [0.4, 0.5) is 0 Å². The van der Waals surface area contributed by atoms with Crippen molar-refractivity contribution in [2.45, 2.75) is 19.9 Å². The first-order valence-corrected chi connectivity index (χ1v) is 8.67. The minimum Gasteiger partial charge on any atom is -0.508 e. The lowest BCUT2D eigenvalue weighted by Gasteiger charge is -2.13.